The van der Waals surface area contributed by atoms with Gasteiger partial charge in [-0.2, -0.15) is 0 Å². The second-order valence-electron chi connectivity index (χ2n) is 4.21. The maximum Gasteiger partial charge on any atom is 0.225 e. The third kappa shape index (κ3) is 3.26. The van der Waals surface area contributed by atoms with Gasteiger partial charge < -0.3 is 5.32 Å². The van der Waals surface area contributed by atoms with Crippen LogP contribution in [-0.4, -0.2) is 36.9 Å². The number of hydrogen-bond donors (Lipinski definition) is 1. The Bertz CT molecular complexity index is 521. The van der Waals surface area contributed by atoms with Gasteiger partial charge in [-0.3, -0.25) is 4.79 Å². The molecule has 1 N–H and O–H groups in total. The molecule has 5 nitrogen and oxygen atoms in total. The first-order valence-corrected chi connectivity index (χ1v) is 8.05. The summed E-state index contributed by atoms with van der Waals surface area (Å²) in [5.41, 5.74) is 2.57. The third-order valence-electron chi connectivity index (χ3n) is 2.76. The molecule has 1 saturated heterocycles. The molecule has 7 heteroatoms. The van der Waals surface area contributed by atoms with Gasteiger partial charge in [0.2, 0.25) is 5.91 Å². The minimum absolute atomic E-state index is 0.0699. The van der Waals surface area contributed by atoms with Crippen molar-refractivity contribution in [2.45, 2.75) is 25.8 Å². The molecule has 0 spiro atoms. The first kappa shape index (κ1) is 12.5. The molecule has 0 radical (unpaired) electrons. The first-order valence-electron chi connectivity index (χ1n) is 5.35. The summed E-state index contributed by atoms with van der Waals surface area (Å²) in [6, 6.07) is -0.222. The number of carbonyl (C=O) groups excluding carboxylic acids is 1. The highest BCUT2D eigenvalue weighted by Crippen LogP contribution is 2.14. The van der Waals surface area contributed by atoms with E-state index in [0.29, 0.717) is 6.42 Å². The highest BCUT2D eigenvalue weighted by Gasteiger charge is 2.28. The molecular weight excluding hydrogens is 260 g/mol. The Hall–Kier alpha value is -0.950. The van der Waals surface area contributed by atoms with Gasteiger partial charge in [-0.1, -0.05) is 0 Å². The van der Waals surface area contributed by atoms with Crippen molar-refractivity contribution in [2.24, 2.45) is 0 Å². The van der Waals surface area contributed by atoms with E-state index in [1.807, 2.05) is 6.92 Å². The molecule has 1 aliphatic heterocycles. The molecule has 1 aliphatic rings. The number of amides is 1. The van der Waals surface area contributed by atoms with Gasteiger partial charge in [0.1, 0.15) is 0 Å². The maximum atomic E-state index is 11.7. The predicted molar refractivity (Wildman–Crippen MR) is 65.8 cm³/mol. The lowest BCUT2D eigenvalue weighted by Crippen LogP contribution is -2.36. The number of nitrogens with one attached hydrogen (secondary N) is 1. The van der Waals surface area contributed by atoms with E-state index in [1.165, 1.54) is 11.3 Å². The summed E-state index contributed by atoms with van der Waals surface area (Å²) in [6.07, 6.45) is 0.808. The van der Waals surface area contributed by atoms with Gasteiger partial charge in [0.25, 0.3) is 0 Å². The molecule has 2 rings (SSSR count). The lowest BCUT2D eigenvalue weighted by atomic mass is 10.2. The third-order valence-corrected chi connectivity index (χ3v) is 5.47. The molecule has 1 amide bonds. The average Bonchev–Trinajstić information content (AvgIpc) is 2.74. The minimum atomic E-state index is -2.94. The molecule has 0 aliphatic carbocycles. The van der Waals surface area contributed by atoms with Crippen LogP contribution in [0.1, 0.15) is 17.0 Å². The fourth-order valence-corrected chi connectivity index (χ4v) is 4.28. The van der Waals surface area contributed by atoms with Crippen LogP contribution >= 0.6 is 11.3 Å². The van der Waals surface area contributed by atoms with Gasteiger partial charge >= 0.3 is 0 Å². The van der Waals surface area contributed by atoms with E-state index < -0.39 is 9.84 Å². The Morgan fingerprint density at radius 2 is 2.41 bits per heavy atom. The number of thiazole rings is 1. The molecular formula is C10H14N2O3S2. The van der Waals surface area contributed by atoms with Crippen molar-refractivity contribution in [3.63, 3.8) is 0 Å². The molecule has 94 valence electrons. The summed E-state index contributed by atoms with van der Waals surface area (Å²) in [4.78, 5) is 16.7. The normalized spacial score (nSPS) is 22.5. The molecule has 0 aromatic carbocycles. The zero-order valence-electron chi connectivity index (χ0n) is 9.47. The smallest absolute Gasteiger partial charge is 0.225 e. The zero-order chi connectivity index (χ0) is 12.5. The minimum Gasteiger partial charge on any atom is -0.352 e. The van der Waals surface area contributed by atoms with Crippen molar-refractivity contribution in [2.75, 3.05) is 11.5 Å². The Labute approximate surface area is 104 Å². The van der Waals surface area contributed by atoms with Crippen LogP contribution in [0.15, 0.2) is 5.51 Å². The first-order chi connectivity index (χ1) is 7.96. The second kappa shape index (κ2) is 4.73. The van der Waals surface area contributed by atoms with Gasteiger partial charge in [-0.05, 0) is 13.3 Å². The van der Waals surface area contributed by atoms with Crippen LogP contribution < -0.4 is 5.32 Å². The standard InChI is InChI=1S/C10H14N2O3S2/c1-7-9(16-6-11-7)4-10(13)12-8-2-3-17(14,15)5-8/h6,8H,2-5H2,1H3,(H,12,13). The summed E-state index contributed by atoms with van der Waals surface area (Å²) in [7, 11) is -2.94. The number of aromatic nitrogens is 1. The quantitative estimate of drug-likeness (QED) is 0.860. The largest absolute Gasteiger partial charge is 0.352 e. The van der Waals surface area contributed by atoms with Gasteiger partial charge in [0, 0.05) is 10.9 Å². The second-order valence-corrected chi connectivity index (χ2v) is 7.37. The fourth-order valence-electron chi connectivity index (χ4n) is 1.83. The van der Waals surface area contributed by atoms with E-state index in [1.54, 1.807) is 5.51 Å². The molecule has 1 atom stereocenters. The van der Waals surface area contributed by atoms with Crippen LogP contribution in [0.2, 0.25) is 0 Å². The fraction of sp³-hybridized carbons (Fsp3) is 0.600. The van der Waals surface area contributed by atoms with E-state index in [2.05, 4.69) is 10.3 Å². The molecule has 0 saturated carbocycles. The van der Waals surface area contributed by atoms with Gasteiger partial charge in [-0.25, -0.2) is 13.4 Å². The van der Waals surface area contributed by atoms with Crippen molar-refractivity contribution in [1.29, 1.82) is 0 Å². The highest BCUT2D eigenvalue weighted by atomic mass is 32.2. The monoisotopic (exact) mass is 274 g/mol. The number of hydrogen-bond acceptors (Lipinski definition) is 5. The molecule has 17 heavy (non-hydrogen) atoms. The summed E-state index contributed by atoms with van der Waals surface area (Å²) in [5, 5.41) is 2.76. The zero-order valence-corrected chi connectivity index (χ0v) is 11.1. The Balaban J connectivity index is 1.89. The lowest BCUT2D eigenvalue weighted by Gasteiger charge is -2.10. The van der Waals surface area contributed by atoms with Crippen molar-refractivity contribution >= 4 is 27.1 Å². The van der Waals surface area contributed by atoms with E-state index in [9.17, 15) is 13.2 Å². The number of rotatable bonds is 3. The Kier molecular flexibility index (Phi) is 3.48. The topological polar surface area (TPSA) is 76.1 Å². The average molecular weight is 274 g/mol. The van der Waals surface area contributed by atoms with E-state index in [4.69, 9.17) is 0 Å². The SMILES string of the molecule is Cc1ncsc1CC(=O)NC1CCS(=O)(=O)C1. The van der Waals surface area contributed by atoms with Crippen LogP contribution in [0.5, 0.6) is 0 Å². The molecule has 1 fully saturated rings. The summed E-state index contributed by atoms with van der Waals surface area (Å²) in [6.45, 7) is 1.86. The van der Waals surface area contributed by atoms with Crippen LogP contribution in [0, 0.1) is 6.92 Å². The molecule has 2 heterocycles. The number of nitrogens with zero attached hydrogens (tertiary/aromatic N) is 1. The highest BCUT2D eigenvalue weighted by molar-refractivity contribution is 7.91. The van der Waals surface area contributed by atoms with Crippen molar-refractivity contribution in [3.8, 4) is 0 Å². The Morgan fingerprint density at radius 3 is 2.94 bits per heavy atom. The van der Waals surface area contributed by atoms with Crippen molar-refractivity contribution < 1.29 is 13.2 Å². The van der Waals surface area contributed by atoms with E-state index in [-0.39, 0.29) is 29.9 Å². The number of carbonyl (C=O) groups is 1. The summed E-state index contributed by atoms with van der Waals surface area (Å²) < 4.78 is 22.5. The van der Waals surface area contributed by atoms with E-state index in [0.717, 1.165) is 10.6 Å². The molecule has 0 bridgehead atoms. The van der Waals surface area contributed by atoms with Crippen LogP contribution in [0.25, 0.3) is 0 Å². The van der Waals surface area contributed by atoms with Gasteiger partial charge in [0.05, 0.1) is 29.1 Å². The molecule has 1 aromatic rings. The maximum absolute atomic E-state index is 11.7. The van der Waals surface area contributed by atoms with Gasteiger partial charge in [0.15, 0.2) is 9.84 Å². The summed E-state index contributed by atoms with van der Waals surface area (Å²) >= 11 is 1.45. The van der Waals surface area contributed by atoms with Gasteiger partial charge in [-0.15, -0.1) is 11.3 Å². The number of aryl methyl sites for hydroxylation is 1. The molecule has 1 unspecified atom stereocenters. The lowest BCUT2D eigenvalue weighted by molar-refractivity contribution is -0.120. The van der Waals surface area contributed by atoms with Crippen molar-refractivity contribution in [3.05, 3.63) is 16.1 Å². The summed E-state index contributed by atoms with van der Waals surface area (Å²) in [5.74, 6) is 0.122. The van der Waals surface area contributed by atoms with Crippen LogP contribution in [0.3, 0.4) is 0 Å². The van der Waals surface area contributed by atoms with Crippen molar-refractivity contribution in [1.82, 2.24) is 10.3 Å². The Morgan fingerprint density at radius 1 is 1.65 bits per heavy atom. The van der Waals surface area contributed by atoms with Crippen LogP contribution in [0.4, 0.5) is 0 Å². The van der Waals surface area contributed by atoms with Crippen LogP contribution in [-0.2, 0) is 21.1 Å². The number of sulfone groups is 1. The molecule has 1 aromatic heterocycles. The van der Waals surface area contributed by atoms with E-state index >= 15 is 0 Å². The predicted octanol–water partition coefficient (Wildman–Crippen LogP) is 0.297.